The second-order valence-electron chi connectivity index (χ2n) is 4.62. The van der Waals surface area contributed by atoms with Crippen LogP contribution in [0.25, 0.3) is 10.8 Å². The van der Waals surface area contributed by atoms with Crippen LogP contribution in [0.2, 0.25) is 0 Å². The monoisotopic (exact) mass is 383 g/mol. The number of halogens is 4. The summed E-state index contributed by atoms with van der Waals surface area (Å²) < 4.78 is 41.2. The molecule has 0 aliphatic heterocycles. The van der Waals surface area contributed by atoms with E-state index in [1.807, 2.05) is 18.2 Å². The number of nitrogens with zero attached hydrogens (tertiary/aromatic N) is 2. The molecule has 0 saturated heterocycles. The van der Waals surface area contributed by atoms with Crippen LogP contribution in [0.15, 0.2) is 53.1 Å². The maximum absolute atomic E-state index is 12.1. The molecule has 0 saturated carbocycles. The van der Waals surface area contributed by atoms with Crippen LogP contribution < -0.4 is 10.1 Å². The van der Waals surface area contributed by atoms with Crippen molar-refractivity contribution in [2.75, 3.05) is 5.32 Å². The Morgan fingerprint density at radius 2 is 1.78 bits per heavy atom. The molecule has 0 unspecified atom stereocenters. The molecule has 2 aromatic carbocycles. The van der Waals surface area contributed by atoms with Gasteiger partial charge in [0.2, 0.25) is 0 Å². The highest BCUT2D eigenvalue weighted by Crippen LogP contribution is 2.28. The van der Waals surface area contributed by atoms with Gasteiger partial charge in [-0.2, -0.15) is 5.10 Å². The van der Waals surface area contributed by atoms with Crippen molar-refractivity contribution in [2.24, 2.45) is 0 Å². The third-order valence-corrected chi connectivity index (χ3v) is 3.47. The van der Waals surface area contributed by atoms with Crippen LogP contribution in [0.5, 0.6) is 5.75 Å². The topological polar surface area (TPSA) is 47.0 Å². The van der Waals surface area contributed by atoms with Crippen molar-refractivity contribution in [3.05, 3.63) is 53.1 Å². The highest BCUT2D eigenvalue weighted by molar-refractivity contribution is 9.10. The van der Waals surface area contributed by atoms with E-state index in [2.05, 4.69) is 36.2 Å². The van der Waals surface area contributed by atoms with Crippen molar-refractivity contribution in [1.82, 2.24) is 10.2 Å². The van der Waals surface area contributed by atoms with Gasteiger partial charge >= 0.3 is 6.36 Å². The summed E-state index contributed by atoms with van der Waals surface area (Å²) in [5.41, 5.74) is 0.573. The first-order valence-electron chi connectivity index (χ1n) is 6.44. The summed E-state index contributed by atoms with van der Waals surface area (Å²) in [6, 6.07) is 11.0. The zero-order chi connectivity index (χ0) is 16.4. The fourth-order valence-electron chi connectivity index (χ4n) is 2.03. The lowest BCUT2D eigenvalue weighted by molar-refractivity contribution is -0.274. The van der Waals surface area contributed by atoms with E-state index >= 15 is 0 Å². The number of nitrogens with one attached hydrogen (secondary N) is 1. The van der Waals surface area contributed by atoms with Crippen molar-refractivity contribution in [1.29, 1.82) is 0 Å². The van der Waals surface area contributed by atoms with Crippen molar-refractivity contribution >= 4 is 38.2 Å². The number of ether oxygens (including phenoxy) is 1. The SMILES string of the molecule is FC(F)(F)Oc1ccc(Nc2nncc3cc(Br)ccc23)cc1. The Labute approximate surface area is 137 Å². The van der Waals surface area contributed by atoms with E-state index in [1.54, 1.807) is 6.20 Å². The first-order chi connectivity index (χ1) is 10.9. The van der Waals surface area contributed by atoms with Crippen LogP contribution in [0.3, 0.4) is 0 Å². The lowest BCUT2D eigenvalue weighted by Crippen LogP contribution is -2.16. The molecule has 1 N–H and O–H groups in total. The standard InChI is InChI=1S/C15H9BrF3N3O/c16-10-1-6-13-9(7-10)8-20-22-14(13)21-11-2-4-12(5-3-11)23-15(17,18)19/h1-8H,(H,21,22). The lowest BCUT2D eigenvalue weighted by atomic mass is 10.2. The predicted octanol–water partition coefficient (Wildman–Crippen LogP) is 5.03. The molecule has 0 atom stereocenters. The summed E-state index contributed by atoms with van der Waals surface area (Å²) in [5, 5.41) is 12.7. The molecule has 118 valence electrons. The predicted molar refractivity (Wildman–Crippen MR) is 83.6 cm³/mol. The second kappa shape index (κ2) is 6.04. The summed E-state index contributed by atoms with van der Waals surface area (Å²) in [7, 11) is 0. The van der Waals surface area contributed by atoms with Crippen molar-refractivity contribution in [3.8, 4) is 5.75 Å². The third kappa shape index (κ3) is 3.89. The number of hydrogen-bond acceptors (Lipinski definition) is 4. The number of hydrogen-bond donors (Lipinski definition) is 1. The number of aromatic nitrogens is 2. The minimum atomic E-state index is -4.70. The summed E-state index contributed by atoms with van der Waals surface area (Å²) in [5.74, 6) is 0.232. The minimum Gasteiger partial charge on any atom is -0.406 e. The second-order valence-corrected chi connectivity index (χ2v) is 5.54. The molecule has 4 nitrogen and oxygen atoms in total. The summed E-state index contributed by atoms with van der Waals surface area (Å²) in [4.78, 5) is 0. The van der Waals surface area contributed by atoms with Crippen LogP contribution in [0, 0.1) is 0 Å². The molecule has 3 aromatic rings. The first kappa shape index (κ1) is 15.5. The molecule has 0 aliphatic carbocycles. The van der Waals surface area contributed by atoms with Crippen molar-refractivity contribution in [2.45, 2.75) is 6.36 Å². The molecule has 0 bridgehead atoms. The van der Waals surface area contributed by atoms with Gasteiger partial charge in [-0.05, 0) is 42.5 Å². The Kier molecular flexibility index (Phi) is 4.08. The Balaban J connectivity index is 1.85. The van der Waals surface area contributed by atoms with E-state index in [-0.39, 0.29) is 5.75 Å². The molecular weight excluding hydrogens is 375 g/mol. The van der Waals surface area contributed by atoms with E-state index in [0.29, 0.717) is 11.5 Å². The normalized spacial score (nSPS) is 11.5. The summed E-state index contributed by atoms with van der Waals surface area (Å²) in [6.45, 7) is 0. The fourth-order valence-corrected chi connectivity index (χ4v) is 2.41. The van der Waals surface area contributed by atoms with E-state index in [4.69, 9.17) is 0 Å². The Morgan fingerprint density at radius 3 is 2.48 bits per heavy atom. The van der Waals surface area contributed by atoms with Gasteiger partial charge in [-0.3, -0.25) is 0 Å². The molecule has 1 aromatic heterocycles. The van der Waals surface area contributed by atoms with E-state index in [9.17, 15) is 13.2 Å². The number of benzene rings is 2. The van der Waals surface area contributed by atoms with E-state index < -0.39 is 6.36 Å². The molecule has 1 heterocycles. The Bertz CT molecular complexity index is 837. The van der Waals surface area contributed by atoms with Gasteiger partial charge < -0.3 is 10.1 Å². The number of fused-ring (bicyclic) bond motifs is 1. The largest absolute Gasteiger partial charge is 0.573 e. The Morgan fingerprint density at radius 1 is 1.04 bits per heavy atom. The van der Waals surface area contributed by atoms with Crippen molar-refractivity contribution < 1.29 is 17.9 Å². The number of rotatable bonds is 3. The molecule has 23 heavy (non-hydrogen) atoms. The molecule has 0 aliphatic rings. The average Bonchev–Trinajstić information content (AvgIpc) is 2.48. The molecule has 0 fully saturated rings. The molecular formula is C15H9BrF3N3O. The van der Waals surface area contributed by atoms with Crippen LogP contribution in [-0.2, 0) is 0 Å². The average molecular weight is 384 g/mol. The maximum atomic E-state index is 12.1. The van der Waals surface area contributed by atoms with E-state index in [0.717, 1.165) is 15.2 Å². The van der Waals surface area contributed by atoms with Gasteiger partial charge in [0.1, 0.15) is 5.75 Å². The van der Waals surface area contributed by atoms with Gasteiger partial charge in [0.05, 0.1) is 6.20 Å². The van der Waals surface area contributed by atoms with Crippen LogP contribution in [0.4, 0.5) is 24.7 Å². The van der Waals surface area contributed by atoms with Gasteiger partial charge in [-0.15, -0.1) is 18.3 Å². The van der Waals surface area contributed by atoms with Gasteiger partial charge in [-0.25, -0.2) is 0 Å². The molecule has 8 heteroatoms. The quantitative estimate of drug-likeness (QED) is 0.688. The third-order valence-electron chi connectivity index (χ3n) is 2.97. The highest BCUT2D eigenvalue weighted by Gasteiger charge is 2.30. The fraction of sp³-hybridized carbons (Fsp3) is 0.0667. The molecule has 0 amide bonds. The molecule has 0 spiro atoms. The Hall–Kier alpha value is -2.35. The first-order valence-corrected chi connectivity index (χ1v) is 7.24. The van der Waals surface area contributed by atoms with E-state index in [1.165, 1.54) is 24.3 Å². The minimum absolute atomic E-state index is 0.281. The number of anilines is 2. The smallest absolute Gasteiger partial charge is 0.406 e. The summed E-state index contributed by atoms with van der Waals surface area (Å²) in [6.07, 6.45) is -3.07. The van der Waals surface area contributed by atoms with Gasteiger partial charge in [0, 0.05) is 20.9 Å². The lowest BCUT2D eigenvalue weighted by Gasteiger charge is -2.11. The highest BCUT2D eigenvalue weighted by atomic mass is 79.9. The number of alkyl halides is 3. The van der Waals surface area contributed by atoms with Crippen LogP contribution >= 0.6 is 15.9 Å². The van der Waals surface area contributed by atoms with Gasteiger partial charge in [0.25, 0.3) is 0 Å². The summed E-state index contributed by atoms with van der Waals surface area (Å²) >= 11 is 3.38. The van der Waals surface area contributed by atoms with Gasteiger partial charge in [-0.1, -0.05) is 15.9 Å². The zero-order valence-electron chi connectivity index (χ0n) is 11.4. The maximum Gasteiger partial charge on any atom is 0.573 e. The van der Waals surface area contributed by atoms with Gasteiger partial charge in [0.15, 0.2) is 5.82 Å². The molecule has 0 radical (unpaired) electrons. The zero-order valence-corrected chi connectivity index (χ0v) is 13.0. The van der Waals surface area contributed by atoms with Crippen LogP contribution in [-0.4, -0.2) is 16.6 Å². The van der Waals surface area contributed by atoms with Crippen molar-refractivity contribution in [3.63, 3.8) is 0 Å². The van der Waals surface area contributed by atoms with Crippen LogP contribution in [0.1, 0.15) is 0 Å². The molecule has 3 rings (SSSR count).